The average molecular weight is 395 g/mol. The Morgan fingerprint density at radius 1 is 1.32 bits per heavy atom. The molecule has 0 atom stereocenters. The maximum absolute atomic E-state index is 10.6. The number of unbranched alkanes of at least 4 members (excludes halogenated alkanes) is 1. The van der Waals surface area contributed by atoms with Crippen LogP contribution in [0.25, 0.3) is 0 Å². The highest BCUT2D eigenvalue weighted by Gasteiger charge is 2.36. The molecule has 0 bridgehead atoms. The van der Waals surface area contributed by atoms with Crippen molar-refractivity contribution < 1.29 is 33.7 Å². The zero-order chi connectivity index (χ0) is 20.6. The largest absolute Gasteiger partial charge is 0.510 e. The normalized spacial score (nSPS) is 22.6. The van der Waals surface area contributed by atoms with Crippen molar-refractivity contribution in [3.8, 4) is 5.75 Å². The number of benzene rings is 1. The molecule has 0 amide bonds. The van der Waals surface area contributed by atoms with E-state index in [9.17, 15) is 4.79 Å². The molecule has 1 aromatic rings. The predicted molar refractivity (Wildman–Crippen MR) is 103 cm³/mol. The van der Waals surface area contributed by atoms with E-state index in [1.165, 1.54) is 6.92 Å². The number of methoxy groups -OCH3 is 1. The molecule has 1 fully saturated rings. The summed E-state index contributed by atoms with van der Waals surface area (Å²) in [5.74, 6) is -0.446. The average Bonchev–Trinajstić information content (AvgIpc) is 2.65. The molecule has 8 heteroatoms. The number of nitrogens with zero attached hydrogens (tertiary/aromatic N) is 1. The zero-order valence-corrected chi connectivity index (χ0v) is 16.9. The monoisotopic (exact) mass is 395 g/mol. The molecule has 0 saturated carbocycles. The lowest BCUT2D eigenvalue weighted by atomic mass is 10.0. The maximum Gasteiger partial charge on any atom is 0.510 e. The standard InChI is InChI=1S/C20H29NO7/c1-14-11-17(8-9-18(14)24-4)15(2)21-27-10-6-5-7-16-12-25-20(3,26-13-16)28-19(22)23/h8-9,11,16H,5-7,10,12-13H2,1-4H3,(H,22,23). The van der Waals surface area contributed by atoms with Crippen LogP contribution in [-0.2, 0) is 19.0 Å². The van der Waals surface area contributed by atoms with Gasteiger partial charge in [-0.15, -0.1) is 0 Å². The SMILES string of the molecule is COc1ccc(C(C)=NOCCCCC2COC(C)(OC(=O)O)OC2)cc1C. The zero-order valence-electron chi connectivity index (χ0n) is 16.9. The Kier molecular flexibility index (Phi) is 8.07. The highest BCUT2D eigenvalue weighted by molar-refractivity contribution is 5.98. The van der Waals surface area contributed by atoms with E-state index in [-0.39, 0.29) is 5.92 Å². The van der Waals surface area contributed by atoms with E-state index >= 15 is 0 Å². The van der Waals surface area contributed by atoms with Crippen LogP contribution in [0.1, 0.15) is 44.2 Å². The maximum atomic E-state index is 10.6. The summed E-state index contributed by atoms with van der Waals surface area (Å²) in [7, 11) is 1.65. The second-order valence-electron chi connectivity index (χ2n) is 6.91. The minimum Gasteiger partial charge on any atom is -0.496 e. The van der Waals surface area contributed by atoms with Crippen molar-refractivity contribution >= 4 is 11.9 Å². The molecule has 28 heavy (non-hydrogen) atoms. The van der Waals surface area contributed by atoms with Gasteiger partial charge in [0.05, 0.1) is 26.0 Å². The fourth-order valence-electron chi connectivity index (χ4n) is 2.91. The quantitative estimate of drug-likeness (QED) is 0.293. The minimum atomic E-state index is -1.50. The Morgan fingerprint density at radius 2 is 2.04 bits per heavy atom. The Hall–Kier alpha value is -2.32. The number of aryl methyl sites for hydroxylation is 1. The third-order valence-corrected chi connectivity index (χ3v) is 4.55. The van der Waals surface area contributed by atoms with Crippen LogP contribution in [0.3, 0.4) is 0 Å². The van der Waals surface area contributed by atoms with Gasteiger partial charge in [0.2, 0.25) is 0 Å². The smallest absolute Gasteiger partial charge is 0.496 e. The molecule has 0 unspecified atom stereocenters. The molecular formula is C20H29NO7. The van der Waals surface area contributed by atoms with Gasteiger partial charge in [-0.1, -0.05) is 5.16 Å². The van der Waals surface area contributed by atoms with Crippen molar-refractivity contribution in [3.63, 3.8) is 0 Å². The van der Waals surface area contributed by atoms with Crippen LogP contribution in [0.2, 0.25) is 0 Å². The highest BCUT2D eigenvalue weighted by atomic mass is 16.9. The molecule has 1 saturated heterocycles. The van der Waals surface area contributed by atoms with Crippen LogP contribution in [0, 0.1) is 12.8 Å². The molecule has 1 aliphatic heterocycles. The Labute approximate surface area is 165 Å². The van der Waals surface area contributed by atoms with Gasteiger partial charge in [-0.3, -0.25) is 0 Å². The van der Waals surface area contributed by atoms with Crippen molar-refractivity contribution in [2.24, 2.45) is 11.1 Å². The van der Waals surface area contributed by atoms with Crippen molar-refractivity contribution in [2.75, 3.05) is 26.9 Å². The third-order valence-electron chi connectivity index (χ3n) is 4.55. The first-order chi connectivity index (χ1) is 13.3. The topological polar surface area (TPSA) is 95.8 Å². The summed E-state index contributed by atoms with van der Waals surface area (Å²) in [6.45, 7) is 6.69. The van der Waals surface area contributed by atoms with Gasteiger partial charge in [-0.2, -0.15) is 0 Å². The number of carboxylic acid groups (broad SMARTS) is 1. The summed E-state index contributed by atoms with van der Waals surface area (Å²) >= 11 is 0. The molecule has 0 radical (unpaired) electrons. The van der Waals surface area contributed by atoms with Crippen LogP contribution in [0.15, 0.2) is 23.4 Å². The van der Waals surface area contributed by atoms with E-state index in [2.05, 4.69) is 9.89 Å². The third kappa shape index (κ3) is 6.69. The van der Waals surface area contributed by atoms with Crippen LogP contribution >= 0.6 is 0 Å². The van der Waals surface area contributed by atoms with Gasteiger partial charge in [-0.05, 0) is 62.4 Å². The Bertz CT molecular complexity index is 681. The lowest BCUT2D eigenvalue weighted by Crippen LogP contribution is -2.45. The second kappa shape index (κ2) is 10.3. The first-order valence-corrected chi connectivity index (χ1v) is 9.34. The summed E-state index contributed by atoms with van der Waals surface area (Å²) in [4.78, 5) is 16.0. The van der Waals surface area contributed by atoms with Crippen molar-refractivity contribution in [3.05, 3.63) is 29.3 Å². The molecule has 0 aromatic heterocycles. The summed E-state index contributed by atoms with van der Waals surface area (Å²) < 4.78 is 20.6. The minimum absolute atomic E-state index is 0.206. The summed E-state index contributed by atoms with van der Waals surface area (Å²) in [5, 5.41) is 12.8. The molecule has 1 aliphatic rings. The molecule has 1 aromatic carbocycles. The Balaban J connectivity index is 1.64. The van der Waals surface area contributed by atoms with Gasteiger partial charge in [-0.25, -0.2) is 4.79 Å². The fourth-order valence-corrected chi connectivity index (χ4v) is 2.91. The Morgan fingerprint density at radius 3 is 2.64 bits per heavy atom. The second-order valence-corrected chi connectivity index (χ2v) is 6.91. The fraction of sp³-hybridized carbons (Fsp3) is 0.600. The van der Waals surface area contributed by atoms with E-state index in [4.69, 9.17) is 24.2 Å². The van der Waals surface area contributed by atoms with E-state index in [0.29, 0.717) is 19.8 Å². The van der Waals surface area contributed by atoms with Crippen molar-refractivity contribution in [2.45, 2.75) is 46.0 Å². The van der Waals surface area contributed by atoms with E-state index < -0.39 is 12.1 Å². The van der Waals surface area contributed by atoms with Gasteiger partial charge in [0.25, 0.3) is 0 Å². The van der Waals surface area contributed by atoms with Gasteiger partial charge in [0.1, 0.15) is 12.4 Å². The molecule has 1 N–H and O–H groups in total. The highest BCUT2D eigenvalue weighted by Crippen LogP contribution is 2.25. The number of hydrogen-bond acceptors (Lipinski definition) is 7. The van der Waals surface area contributed by atoms with Gasteiger partial charge < -0.3 is 28.9 Å². The molecule has 1 heterocycles. The van der Waals surface area contributed by atoms with Crippen LogP contribution < -0.4 is 4.74 Å². The first kappa shape index (κ1) is 22.0. The van der Waals surface area contributed by atoms with Crippen molar-refractivity contribution in [1.82, 2.24) is 0 Å². The summed E-state index contributed by atoms with van der Waals surface area (Å²) in [5.41, 5.74) is 2.87. The van der Waals surface area contributed by atoms with Crippen LogP contribution in [-0.4, -0.2) is 49.9 Å². The molecule has 8 nitrogen and oxygen atoms in total. The van der Waals surface area contributed by atoms with E-state index in [0.717, 1.165) is 41.9 Å². The van der Waals surface area contributed by atoms with Gasteiger partial charge in [0, 0.05) is 12.8 Å². The van der Waals surface area contributed by atoms with Crippen LogP contribution in [0.4, 0.5) is 4.79 Å². The van der Waals surface area contributed by atoms with Gasteiger partial charge >= 0.3 is 12.1 Å². The lowest BCUT2D eigenvalue weighted by molar-refractivity contribution is -0.379. The molecule has 0 spiro atoms. The van der Waals surface area contributed by atoms with E-state index in [1.807, 2.05) is 32.0 Å². The van der Waals surface area contributed by atoms with E-state index in [1.54, 1.807) is 7.11 Å². The van der Waals surface area contributed by atoms with Crippen molar-refractivity contribution in [1.29, 1.82) is 0 Å². The summed E-state index contributed by atoms with van der Waals surface area (Å²) in [6.07, 6.45) is 1.27. The number of carbonyl (C=O) groups is 1. The number of hydrogen-bond donors (Lipinski definition) is 1. The molecule has 156 valence electrons. The first-order valence-electron chi connectivity index (χ1n) is 9.34. The number of ether oxygens (including phenoxy) is 4. The molecule has 2 rings (SSSR count). The number of rotatable bonds is 9. The van der Waals surface area contributed by atoms with Gasteiger partial charge in [0.15, 0.2) is 0 Å². The molecule has 0 aliphatic carbocycles. The van der Waals surface area contributed by atoms with Crippen LogP contribution in [0.5, 0.6) is 5.75 Å². The lowest BCUT2D eigenvalue weighted by Gasteiger charge is -2.35. The number of oxime groups is 1. The molecular weight excluding hydrogens is 366 g/mol. The predicted octanol–water partition coefficient (Wildman–Crippen LogP) is 3.95. The summed E-state index contributed by atoms with van der Waals surface area (Å²) in [6, 6.07) is 5.90.